The number of aliphatic carboxylic acids is 1. The van der Waals surface area contributed by atoms with Crippen LogP contribution in [0.4, 0.5) is 0 Å². The highest BCUT2D eigenvalue weighted by Crippen LogP contribution is 2.12. The molecule has 0 aliphatic carbocycles. The second kappa shape index (κ2) is 14.4. The molecule has 0 heterocycles. The van der Waals surface area contributed by atoms with Crippen molar-refractivity contribution >= 4 is 29.5 Å². The van der Waals surface area contributed by atoms with E-state index >= 15 is 0 Å². The lowest BCUT2D eigenvalue weighted by Crippen LogP contribution is -2.56. The number of carbonyl (C=O) groups excluding carboxylic acids is 2. The summed E-state index contributed by atoms with van der Waals surface area (Å²) in [6, 6.07) is 13.5. The Labute approximate surface area is 210 Å². The Balaban J connectivity index is 2.16. The van der Waals surface area contributed by atoms with Gasteiger partial charge >= 0.3 is 5.97 Å². The predicted molar refractivity (Wildman–Crippen MR) is 138 cm³/mol. The van der Waals surface area contributed by atoms with Gasteiger partial charge in [-0.15, -0.1) is 0 Å². The van der Waals surface area contributed by atoms with E-state index in [0.717, 1.165) is 11.1 Å². The molecule has 0 aliphatic rings. The smallest absolute Gasteiger partial charge is 0.326 e. The third kappa shape index (κ3) is 9.62. The fourth-order valence-corrected chi connectivity index (χ4v) is 4.08. The fraction of sp³-hybridized carbons (Fsp3) is 0.423. The number of carboxylic acid groups (broad SMARTS) is 1. The SMILES string of the molecule is CSCC[C@H](NC(=O)[C@H](Cc1ccccc1)NC(=O)[C@@H](NCc1cccc(O)c1)C(C)C)C(=O)O. The zero-order valence-electron chi connectivity index (χ0n) is 20.4. The number of phenols is 1. The largest absolute Gasteiger partial charge is 0.508 e. The van der Waals surface area contributed by atoms with Crippen molar-refractivity contribution in [2.24, 2.45) is 5.92 Å². The average molecular weight is 502 g/mol. The van der Waals surface area contributed by atoms with Crippen LogP contribution >= 0.6 is 11.8 Å². The van der Waals surface area contributed by atoms with Crippen LogP contribution in [0.25, 0.3) is 0 Å². The molecule has 2 rings (SSSR count). The number of hydrogen-bond donors (Lipinski definition) is 5. The molecular weight excluding hydrogens is 466 g/mol. The standard InChI is InChI=1S/C26H35N3O5S/c1-17(2)23(27-16-19-10-7-11-20(30)14-19)25(32)29-22(15-18-8-5-4-6-9-18)24(31)28-21(26(33)34)12-13-35-3/h4-11,14,17,21-23,27,30H,12-13,15-16H2,1-3H3,(H,28,31)(H,29,32)(H,33,34)/t21-,22-,23-/m0/s1. The third-order valence-corrected chi connectivity index (χ3v) is 6.17. The number of phenolic OH excluding ortho intramolecular Hbond substituents is 1. The molecule has 8 nitrogen and oxygen atoms in total. The van der Waals surface area contributed by atoms with Crippen LogP contribution in [0.15, 0.2) is 54.6 Å². The number of carboxylic acids is 1. The Kier molecular flexibility index (Phi) is 11.6. The molecule has 0 saturated heterocycles. The molecule has 5 N–H and O–H groups in total. The van der Waals surface area contributed by atoms with Gasteiger partial charge in [0.15, 0.2) is 0 Å². The molecule has 0 fully saturated rings. The van der Waals surface area contributed by atoms with Crippen molar-refractivity contribution in [1.82, 2.24) is 16.0 Å². The first-order valence-corrected chi connectivity index (χ1v) is 13.0. The van der Waals surface area contributed by atoms with E-state index in [0.29, 0.717) is 12.3 Å². The number of thioether (sulfide) groups is 1. The van der Waals surface area contributed by atoms with Crippen molar-refractivity contribution in [2.45, 2.75) is 51.4 Å². The second-order valence-corrected chi connectivity index (χ2v) is 9.69. The monoisotopic (exact) mass is 501 g/mol. The molecule has 2 amide bonds. The molecular formula is C26H35N3O5S. The Hall–Kier alpha value is -3.04. The molecule has 9 heteroatoms. The lowest BCUT2D eigenvalue weighted by Gasteiger charge is -2.26. The summed E-state index contributed by atoms with van der Waals surface area (Å²) in [5.41, 5.74) is 1.66. The first-order chi connectivity index (χ1) is 16.7. The molecule has 2 aromatic carbocycles. The van der Waals surface area contributed by atoms with E-state index in [1.807, 2.05) is 56.5 Å². The maximum atomic E-state index is 13.2. The Morgan fingerprint density at radius 3 is 2.17 bits per heavy atom. The minimum atomic E-state index is -1.11. The Bertz CT molecular complexity index is 970. The Morgan fingerprint density at radius 1 is 0.914 bits per heavy atom. The lowest BCUT2D eigenvalue weighted by molar-refractivity contribution is -0.142. The number of amides is 2. The van der Waals surface area contributed by atoms with E-state index in [-0.39, 0.29) is 30.4 Å². The zero-order valence-corrected chi connectivity index (χ0v) is 21.2. The van der Waals surface area contributed by atoms with Crippen molar-refractivity contribution < 1.29 is 24.6 Å². The van der Waals surface area contributed by atoms with Crippen LogP contribution in [0.5, 0.6) is 5.75 Å². The summed E-state index contributed by atoms with van der Waals surface area (Å²) >= 11 is 1.50. The Morgan fingerprint density at radius 2 is 1.57 bits per heavy atom. The van der Waals surface area contributed by atoms with Crippen molar-refractivity contribution in [1.29, 1.82) is 0 Å². The summed E-state index contributed by atoms with van der Waals surface area (Å²) in [6.07, 6.45) is 2.38. The van der Waals surface area contributed by atoms with Gasteiger partial charge < -0.3 is 26.2 Å². The van der Waals surface area contributed by atoms with Gasteiger partial charge in [0.2, 0.25) is 11.8 Å². The van der Waals surface area contributed by atoms with Crippen molar-refractivity contribution in [2.75, 3.05) is 12.0 Å². The maximum Gasteiger partial charge on any atom is 0.326 e. The molecule has 190 valence electrons. The van der Waals surface area contributed by atoms with Gasteiger partial charge in [-0.2, -0.15) is 11.8 Å². The highest BCUT2D eigenvalue weighted by molar-refractivity contribution is 7.98. The van der Waals surface area contributed by atoms with Crippen molar-refractivity contribution in [3.05, 3.63) is 65.7 Å². The topological polar surface area (TPSA) is 128 Å². The molecule has 0 aliphatic heterocycles. The van der Waals surface area contributed by atoms with Crippen LogP contribution < -0.4 is 16.0 Å². The highest BCUT2D eigenvalue weighted by Gasteiger charge is 2.30. The van der Waals surface area contributed by atoms with E-state index < -0.39 is 30.0 Å². The van der Waals surface area contributed by atoms with Crippen LogP contribution in [0.1, 0.15) is 31.4 Å². The summed E-state index contributed by atoms with van der Waals surface area (Å²) in [5, 5.41) is 27.8. The fourth-order valence-electron chi connectivity index (χ4n) is 3.61. The number of nitrogens with one attached hydrogen (secondary N) is 3. The van der Waals surface area contributed by atoms with E-state index in [9.17, 15) is 24.6 Å². The first-order valence-electron chi connectivity index (χ1n) is 11.6. The van der Waals surface area contributed by atoms with Gasteiger partial charge in [-0.05, 0) is 47.6 Å². The quantitative estimate of drug-likeness (QED) is 0.269. The molecule has 0 unspecified atom stereocenters. The predicted octanol–water partition coefficient (Wildman–Crippen LogP) is 2.56. The first kappa shape index (κ1) is 28.2. The highest BCUT2D eigenvalue weighted by atomic mass is 32.2. The number of rotatable bonds is 14. The van der Waals surface area contributed by atoms with Crippen LogP contribution in [0.2, 0.25) is 0 Å². The van der Waals surface area contributed by atoms with Crippen LogP contribution in [-0.2, 0) is 27.3 Å². The van der Waals surface area contributed by atoms with Gasteiger partial charge in [-0.1, -0.05) is 56.3 Å². The van der Waals surface area contributed by atoms with Gasteiger partial charge in [0.25, 0.3) is 0 Å². The number of carbonyl (C=O) groups is 3. The molecule has 0 spiro atoms. The molecule has 0 saturated carbocycles. The summed E-state index contributed by atoms with van der Waals surface area (Å²) in [7, 11) is 0. The number of benzene rings is 2. The maximum absolute atomic E-state index is 13.2. The van der Waals surface area contributed by atoms with Crippen LogP contribution in [-0.4, -0.2) is 58.1 Å². The van der Waals surface area contributed by atoms with Crippen LogP contribution in [0, 0.1) is 5.92 Å². The van der Waals surface area contributed by atoms with E-state index in [2.05, 4.69) is 16.0 Å². The summed E-state index contributed by atoms with van der Waals surface area (Å²) in [6.45, 7) is 4.15. The van der Waals surface area contributed by atoms with E-state index in [1.54, 1.807) is 18.2 Å². The zero-order chi connectivity index (χ0) is 25.8. The van der Waals surface area contributed by atoms with Crippen molar-refractivity contribution in [3.63, 3.8) is 0 Å². The average Bonchev–Trinajstić information content (AvgIpc) is 2.81. The van der Waals surface area contributed by atoms with Crippen LogP contribution in [0.3, 0.4) is 0 Å². The molecule has 0 radical (unpaired) electrons. The minimum absolute atomic E-state index is 0.0823. The number of hydrogen-bond acceptors (Lipinski definition) is 6. The molecule has 0 aromatic heterocycles. The van der Waals surface area contributed by atoms with Gasteiger partial charge in [-0.3, -0.25) is 9.59 Å². The minimum Gasteiger partial charge on any atom is -0.508 e. The summed E-state index contributed by atoms with van der Waals surface area (Å²) < 4.78 is 0. The molecule has 3 atom stereocenters. The normalized spacial score (nSPS) is 13.6. The van der Waals surface area contributed by atoms with Gasteiger partial charge in [0, 0.05) is 13.0 Å². The van der Waals surface area contributed by atoms with Gasteiger partial charge in [0.1, 0.15) is 17.8 Å². The second-order valence-electron chi connectivity index (χ2n) is 8.70. The molecule has 35 heavy (non-hydrogen) atoms. The van der Waals surface area contributed by atoms with Gasteiger partial charge in [0.05, 0.1) is 6.04 Å². The molecule has 2 aromatic rings. The van der Waals surface area contributed by atoms with E-state index in [1.165, 1.54) is 11.8 Å². The molecule has 0 bridgehead atoms. The summed E-state index contributed by atoms with van der Waals surface area (Å²) in [4.78, 5) is 38.0. The summed E-state index contributed by atoms with van der Waals surface area (Å²) in [5.74, 6) is -1.35. The third-order valence-electron chi connectivity index (χ3n) is 5.53. The van der Waals surface area contributed by atoms with Gasteiger partial charge in [-0.25, -0.2) is 4.79 Å². The lowest BCUT2D eigenvalue weighted by atomic mass is 10.0. The van der Waals surface area contributed by atoms with Crippen molar-refractivity contribution in [3.8, 4) is 5.75 Å². The number of aromatic hydroxyl groups is 1. The van der Waals surface area contributed by atoms with E-state index in [4.69, 9.17) is 0 Å².